The number of hydrogen-bond donors (Lipinski definition) is 2. The average Bonchev–Trinajstić information content (AvgIpc) is 2.77. The van der Waals surface area contributed by atoms with Crippen LogP contribution in [0.3, 0.4) is 0 Å². The molecule has 1 atom stereocenters. The highest BCUT2D eigenvalue weighted by Crippen LogP contribution is 2.19. The van der Waals surface area contributed by atoms with E-state index in [1.807, 2.05) is 0 Å². The van der Waals surface area contributed by atoms with Crippen molar-refractivity contribution >= 4 is 15.8 Å². The molecule has 0 radical (unpaired) electrons. The van der Waals surface area contributed by atoms with Crippen LogP contribution in [0.25, 0.3) is 0 Å². The standard InChI is InChI=1S/C14H27N3O2S/c1-2-15-14(17-13-6-4-3-5-7-13)16-10-12-8-9-20(18,19)11-12/h12-13H,2-11H2,1H3,(H2,15,16,17). The fourth-order valence-electron chi connectivity index (χ4n) is 3.00. The lowest BCUT2D eigenvalue weighted by Crippen LogP contribution is -2.44. The van der Waals surface area contributed by atoms with Gasteiger partial charge < -0.3 is 10.6 Å². The average molecular weight is 301 g/mol. The maximum Gasteiger partial charge on any atom is 0.191 e. The van der Waals surface area contributed by atoms with E-state index < -0.39 is 9.84 Å². The zero-order valence-corrected chi connectivity index (χ0v) is 13.2. The minimum absolute atomic E-state index is 0.196. The summed E-state index contributed by atoms with van der Waals surface area (Å²) in [6.45, 7) is 3.50. The van der Waals surface area contributed by atoms with Crippen LogP contribution in [0.1, 0.15) is 45.4 Å². The van der Waals surface area contributed by atoms with Gasteiger partial charge in [-0.15, -0.1) is 0 Å². The fraction of sp³-hybridized carbons (Fsp3) is 0.929. The van der Waals surface area contributed by atoms with Crippen LogP contribution in [-0.2, 0) is 9.84 Å². The molecule has 0 aromatic rings. The SMILES string of the molecule is CCNC(=NCC1CCS(=O)(=O)C1)NC1CCCCC1. The second kappa shape index (κ2) is 7.29. The summed E-state index contributed by atoms with van der Waals surface area (Å²) in [7, 11) is -2.79. The van der Waals surface area contributed by atoms with E-state index in [0.29, 0.717) is 24.1 Å². The first kappa shape index (κ1) is 15.6. The zero-order valence-electron chi connectivity index (χ0n) is 12.4. The van der Waals surface area contributed by atoms with Crippen molar-refractivity contribution in [2.45, 2.75) is 51.5 Å². The Kier molecular flexibility index (Phi) is 5.69. The molecular weight excluding hydrogens is 274 g/mol. The summed E-state index contributed by atoms with van der Waals surface area (Å²) < 4.78 is 22.9. The molecule has 1 aliphatic carbocycles. The maximum atomic E-state index is 11.4. The van der Waals surface area contributed by atoms with Crippen LogP contribution in [0, 0.1) is 5.92 Å². The van der Waals surface area contributed by atoms with Crippen LogP contribution in [0.4, 0.5) is 0 Å². The van der Waals surface area contributed by atoms with E-state index in [2.05, 4.69) is 22.5 Å². The summed E-state index contributed by atoms with van der Waals surface area (Å²) in [5, 5.41) is 6.76. The molecule has 0 bridgehead atoms. The van der Waals surface area contributed by atoms with Gasteiger partial charge in [-0.2, -0.15) is 0 Å². The molecule has 1 unspecified atom stereocenters. The molecule has 5 nitrogen and oxygen atoms in total. The van der Waals surface area contributed by atoms with Crippen LogP contribution < -0.4 is 10.6 Å². The van der Waals surface area contributed by atoms with Gasteiger partial charge in [0.25, 0.3) is 0 Å². The first-order chi connectivity index (χ1) is 9.59. The van der Waals surface area contributed by atoms with Gasteiger partial charge in [-0.05, 0) is 32.1 Å². The molecular formula is C14H27N3O2S. The number of guanidine groups is 1. The van der Waals surface area contributed by atoms with Gasteiger partial charge in [-0.25, -0.2) is 8.42 Å². The molecule has 20 heavy (non-hydrogen) atoms. The van der Waals surface area contributed by atoms with Gasteiger partial charge >= 0.3 is 0 Å². The Morgan fingerprint density at radius 1 is 1.20 bits per heavy atom. The van der Waals surface area contributed by atoms with Crippen molar-refractivity contribution in [2.75, 3.05) is 24.6 Å². The number of rotatable bonds is 4. The lowest BCUT2D eigenvalue weighted by molar-refractivity contribution is 0.409. The molecule has 6 heteroatoms. The van der Waals surface area contributed by atoms with E-state index >= 15 is 0 Å². The molecule has 0 aromatic carbocycles. The summed E-state index contributed by atoms with van der Waals surface area (Å²) >= 11 is 0. The van der Waals surface area contributed by atoms with Gasteiger partial charge in [-0.1, -0.05) is 19.3 Å². The fourth-order valence-corrected chi connectivity index (χ4v) is 4.85. The Morgan fingerprint density at radius 2 is 1.95 bits per heavy atom. The Balaban J connectivity index is 1.85. The third-order valence-electron chi connectivity index (χ3n) is 4.12. The highest BCUT2D eigenvalue weighted by molar-refractivity contribution is 7.91. The van der Waals surface area contributed by atoms with Gasteiger partial charge in [0.15, 0.2) is 15.8 Å². The van der Waals surface area contributed by atoms with Crippen molar-refractivity contribution in [2.24, 2.45) is 10.9 Å². The smallest absolute Gasteiger partial charge is 0.191 e. The number of sulfone groups is 1. The van der Waals surface area contributed by atoms with E-state index in [-0.39, 0.29) is 5.92 Å². The van der Waals surface area contributed by atoms with Crippen molar-refractivity contribution in [1.82, 2.24) is 10.6 Å². The monoisotopic (exact) mass is 301 g/mol. The first-order valence-electron chi connectivity index (χ1n) is 7.84. The normalized spacial score (nSPS) is 27.4. The lowest BCUT2D eigenvalue weighted by atomic mass is 9.96. The van der Waals surface area contributed by atoms with Crippen molar-refractivity contribution in [3.8, 4) is 0 Å². The molecule has 2 rings (SSSR count). The summed E-state index contributed by atoms with van der Waals surface area (Å²) in [4.78, 5) is 4.59. The molecule has 0 aromatic heterocycles. The Hall–Kier alpha value is -0.780. The maximum absolute atomic E-state index is 11.4. The lowest BCUT2D eigenvalue weighted by Gasteiger charge is -2.25. The van der Waals surface area contributed by atoms with Crippen LogP contribution in [0.2, 0.25) is 0 Å². The Morgan fingerprint density at radius 3 is 2.55 bits per heavy atom. The number of nitrogens with zero attached hydrogens (tertiary/aromatic N) is 1. The van der Waals surface area contributed by atoms with Crippen molar-refractivity contribution < 1.29 is 8.42 Å². The second-order valence-corrected chi connectivity index (χ2v) is 8.20. The number of aliphatic imine (C=N–C) groups is 1. The molecule has 1 aliphatic heterocycles. The second-order valence-electron chi connectivity index (χ2n) is 5.97. The van der Waals surface area contributed by atoms with E-state index in [1.165, 1.54) is 32.1 Å². The highest BCUT2D eigenvalue weighted by atomic mass is 32.2. The highest BCUT2D eigenvalue weighted by Gasteiger charge is 2.27. The Bertz CT molecular complexity index is 428. The molecule has 2 fully saturated rings. The minimum Gasteiger partial charge on any atom is -0.357 e. The minimum atomic E-state index is -2.79. The largest absolute Gasteiger partial charge is 0.357 e. The molecule has 2 N–H and O–H groups in total. The van der Waals surface area contributed by atoms with Gasteiger partial charge in [0.05, 0.1) is 11.5 Å². The molecule has 0 spiro atoms. The molecule has 2 aliphatic rings. The number of hydrogen-bond acceptors (Lipinski definition) is 3. The van der Waals surface area contributed by atoms with Gasteiger partial charge in [0, 0.05) is 19.1 Å². The topological polar surface area (TPSA) is 70.6 Å². The van der Waals surface area contributed by atoms with E-state index in [1.54, 1.807) is 0 Å². The predicted octanol–water partition coefficient (Wildman–Crippen LogP) is 1.31. The summed E-state index contributed by atoms with van der Waals surface area (Å²) in [5.74, 6) is 1.68. The van der Waals surface area contributed by atoms with Crippen LogP contribution in [0.5, 0.6) is 0 Å². The van der Waals surface area contributed by atoms with Crippen LogP contribution in [0.15, 0.2) is 4.99 Å². The van der Waals surface area contributed by atoms with Gasteiger partial charge in [0.1, 0.15) is 0 Å². The van der Waals surface area contributed by atoms with Crippen molar-refractivity contribution in [1.29, 1.82) is 0 Å². The van der Waals surface area contributed by atoms with Gasteiger partial charge in [-0.3, -0.25) is 4.99 Å². The molecule has 116 valence electrons. The van der Waals surface area contributed by atoms with Crippen molar-refractivity contribution in [3.05, 3.63) is 0 Å². The van der Waals surface area contributed by atoms with Crippen LogP contribution in [-0.4, -0.2) is 45.0 Å². The third kappa shape index (κ3) is 4.96. The Labute approximate surface area is 122 Å². The summed E-state index contributed by atoms with van der Waals surface area (Å²) in [6, 6.07) is 0.522. The van der Waals surface area contributed by atoms with E-state index in [4.69, 9.17) is 0 Å². The molecule has 1 heterocycles. The summed E-state index contributed by atoms with van der Waals surface area (Å²) in [5.41, 5.74) is 0. The molecule has 1 saturated carbocycles. The first-order valence-corrected chi connectivity index (χ1v) is 9.66. The van der Waals surface area contributed by atoms with Crippen LogP contribution >= 0.6 is 0 Å². The predicted molar refractivity (Wildman–Crippen MR) is 82.7 cm³/mol. The van der Waals surface area contributed by atoms with Crippen molar-refractivity contribution in [3.63, 3.8) is 0 Å². The van der Waals surface area contributed by atoms with E-state index in [9.17, 15) is 8.42 Å². The van der Waals surface area contributed by atoms with E-state index in [0.717, 1.165) is 18.9 Å². The molecule has 0 amide bonds. The quantitative estimate of drug-likeness (QED) is 0.607. The molecule has 1 saturated heterocycles. The number of nitrogens with one attached hydrogen (secondary N) is 2. The summed E-state index contributed by atoms with van der Waals surface area (Å²) in [6.07, 6.45) is 7.10. The third-order valence-corrected chi connectivity index (χ3v) is 5.96. The zero-order chi connectivity index (χ0) is 14.4. The van der Waals surface area contributed by atoms with Gasteiger partial charge in [0.2, 0.25) is 0 Å².